The number of hydrogen-bond donors (Lipinski definition) is 0. The number of nitrogens with zero attached hydrogens (tertiary/aromatic N) is 3. The highest BCUT2D eigenvalue weighted by Gasteiger charge is 2.17. The second-order valence-electron chi connectivity index (χ2n) is 3.84. The van der Waals surface area contributed by atoms with E-state index < -0.39 is 9.84 Å². The number of sulfone groups is 1. The summed E-state index contributed by atoms with van der Waals surface area (Å²) in [7, 11) is -3.11. The Labute approximate surface area is 107 Å². The van der Waals surface area contributed by atoms with Gasteiger partial charge in [0.25, 0.3) is 5.91 Å². The smallest absolute Gasteiger partial charge is 0.274 e. The second kappa shape index (κ2) is 5.90. The fourth-order valence-electron chi connectivity index (χ4n) is 1.33. The maximum atomic E-state index is 12.0. The zero-order chi connectivity index (χ0) is 13.8. The van der Waals surface area contributed by atoms with E-state index in [1.54, 1.807) is 6.92 Å². The Morgan fingerprint density at radius 2 is 2.11 bits per heavy atom. The molecule has 6 nitrogen and oxygen atoms in total. The van der Waals surface area contributed by atoms with E-state index in [0.717, 1.165) is 6.26 Å². The van der Waals surface area contributed by atoms with Gasteiger partial charge in [-0.1, -0.05) is 0 Å². The Kier molecular flexibility index (Phi) is 4.77. The fraction of sp³-hybridized carbons (Fsp3) is 0.455. The molecule has 18 heavy (non-hydrogen) atoms. The molecule has 7 heteroatoms. The number of amides is 1. The highest BCUT2D eigenvalue weighted by atomic mass is 32.2. The number of carbonyl (C=O) groups excluding carboxylic acids is 1. The lowest BCUT2D eigenvalue weighted by Crippen LogP contribution is -2.35. The van der Waals surface area contributed by atoms with Gasteiger partial charge in [0.2, 0.25) is 0 Å². The molecule has 1 aromatic rings. The molecular formula is C11H15N3O3S. The van der Waals surface area contributed by atoms with E-state index in [4.69, 9.17) is 6.92 Å². The van der Waals surface area contributed by atoms with Gasteiger partial charge in [0.1, 0.15) is 15.5 Å². The van der Waals surface area contributed by atoms with Crippen molar-refractivity contribution in [2.24, 2.45) is 0 Å². The van der Waals surface area contributed by atoms with Crippen molar-refractivity contribution in [1.29, 1.82) is 0 Å². The Balaban J connectivity index is 2.80. The molecule has 1 aromatic heterocycles. The Bertz CT molecular complexity index is 528. The summed E-state index contributed by atoms with van der Waals surface area (Å²) in [5.74, 6) is -0.455. The van der Waals surface area contributed by atoms with Crippen LogP contribution in [0.4, 0.5) is 0 Å². The fourth-order valence-corrected chi connectivity index (χ4v) is 1.88. The molecule has 1 rings (SSSR count). The summed E-state index contributed by atoms with van der Waals surface area (Å²) in [5, 5.41) is 0. The van der Waals surface area contributed by atoms with Crippen molar-refractivity contribution in [1.82, 2.24) is 14.9 Å². The SMILES string of the molecule is [CH]c1cncc(C(=O)N(CC)CCS(C)(=O)=O)n1. The molecule has 2 radical (unpaired) electrons. The zero-order valence-electron chi connectivity index (χ0n) is 10.3. The Hall–Kier alpha value is -1.50. The van der Waals surface area contributed by atoms with E-state index in [2.05, 4.69) is 9.97 Å². The average molecular weight is 269 g/mol. The van der Waals surface area contributed by atoms with Gasteiger partial charge in [0, 0.05) is 32.5 Å². The lowest BCUT2D eigenvalue weighted by atomic mass is 10.3. The molecule has 0 aliphatic rings. The minimum Gasteiger partial charge on any atom is -0.337 e. The van der Waals surface area contributed by atoms with Gasteiger partial charge in [-0.15, -0.1) is 0 Å². The first-order chi connectivity index (χ1) is 8.33. The van der Waals surface area contributed by atoms with Crippen LogP contribution in [0.1, 0.15) is 23.1 Å². The number of rotatable bonds is 5. The average Bonchev–Trinajstić information content (AvgIpc) is 2.28. The van der Waals surface area contributed by atoms with Crippen molar-refractivity contribution >= 4 is 15.7 Å². The van der Waals surface area contributed by atoms with Crippen LogP contribution in [-0.2, 0) is 9.84 Å². The number of aromatic nitrogens is 2. The van der Waals surface area contributed by atoms with Crippen LogP contribution in [-0.4, -0.2) is 54.3 Å². The summed E-state index contributed by atoms with van der Waals surface area (Å²) < 4.78 is 22.2. The molecule has 0 aliphatic carbocycles. The van der Waals surface area contributed by atoms with Gasteiger partial charge in [-0.25, -0.2) is 13.4 Å². The molecule has 0 unspecified atom stereocenters. The molecular weight excluding hydrogens is 254 g/mol. The van der Waals surface area contributed by atoms with E-state index in [0.29, 0.717) is 6.54 Å². The molecule has 0 saturated carbocycles. The second-order valence-corrected chi connectivity index (χ2v) is 6.10. The first-order valence-corrected chi connectivity index (χ1v) is 7.44. The van der Waals surface area contributed by atoms with Crippen molar-refractivity contribution < 1.29 is 13.2 Å². The molecule has 98 valence electrons. The van der Waals surface area contributed by atoms with Crippen molar-refractivity contribution in [2.75, 3.05) is 25.1 Å². The van der Waals surface area contributed by atoms with Gasteiger partial charge in [-0.3, -0.25) is 9.78 Å². The minimum absolute atomic E-state index is 0.0810. The lowest BCUT2D eigenvalue weighted by Gasteiger charge is -2.19. The maximum Gasteiger partial charge on any atom is 0.274 e. The molecule has 1 amide bonds. The predicted octanol–water partition coefficient (Wildman–Crippen LogP) is 0.0425. The molecule has 0 fully saturated rings. The number of hydrogen-bond acceptors (Lipinski definition) is 5. The quantitative estimate of drug-likeness (QED) is 0.754. The summed E-state index contributed by atoms with van der Waals surface area (Å²) in [5.41, 5.74) is 0.269. The van der Waals surface area contributed by atoms with Crippen molar-refractivity contribution in [3.63, 3.8) is 0 Å². The standard InChI is InChI=1S/C11H15N3O3S/c1-4-14(5-6-18(3,16)17)11(15)10-8-12-7-9(2)13-10/h2,7-8H,4-6H2,1,3H3. The molecule has 0 atom stereocenters. The van der Waals surface area contributed by atoms with Gasteiger partial charge >= 0.3 is 0 Å². The van der Waals surface area contributed by atoms with Crippen molar-refractivity contribution in [3.8, 4) is 0 Å². The van der Waals surface area contributed by atoms with Crippen LogP contribution in [0.15, 0.2) is 12.4 Å². The van der Waals surface area contributed by atoms with Crippen molar-refractivity contribution in [2.45, 2.75) is 6.92 Å². The summed E-state index contributed by atoms with van der Waals surface area (Å²) in [6, 6.07) is 0. The molecule has 1 heterocycles. The molecule has 0 bridgehead atoms. The normalized spacial score (nSPS) is 11.3. The van der Waals surface area contributed by atoms with Gasteiger partial charge in [-0.05, 0) is 6.92 Å². The van der Waals surface area contributed by atoms with Crippen LogP contribution < -0.4 is 0 Å². The van der Waals surface area contributed by atoms with E-state index in [1.807, 2.05) is 0 Å². The Morgan fingerprint density at radius 3 is 2.61 bits per heavy atom. The van der Waals surface area contributed by atoms with E-state index >= 15 is 0 Å². The zero-order valence-corrected chi connectivity index (χ0v) is 11.1. The predicted molar refractivity (Wildman–Crippen MR) is 66.7 cm³/mol. The highest BCUT2D eigenvalue weighted by Crippen LogP contribution is 2.02. The topological polar surface area (TPSA) is 80.2 Å². The summed E-state index contributed by atoms with van der Waals surface area (Å²) in [6.07, 6.45) is 3.77. The Morgan fingerprint density at radius 1 is 1.44 bits per heavy atom. The summed E-state index contributed by atoms with van der Waals surface area (Å²) >= 11 is 0. The summed E-state index contributed by atoms with van der Waals surface area (Å²) in [6.45, 7) is 7.73. The van der Waals surface area contributed by atoms with Gasteiger partial charge in [0.05, 0.1) is 17.6 Å². The van der Waals surface area contributed by atoms with Gasteiger partial charge in [0.15, 0.2) is 0 Å². The minimum atomic E-state index is -3.11. The first-order valence-electron chi connectivity index (χ1n) is 5.38. The monoisotopic (exact) mass is 269 g/mol. The van der Waals surface area contributed by atoms with Gasteiger partial charge in [-0.2, -0.15) is 0 Å². The number of carbonyl (C=O) groups is 1. The van der Waals surface area contributed by atoms with Gasteiger partial charge < -0.3 is 4.90 Å². The van der Waals surface area contributed by atoms with Crippen LogP contribution in [0.3, 0.4) is 0 Å². The van der Waals surface area contributed by atoms with E-state index in [9.17, 15) is 13.2 Å². The molecule has 0 N–H and O–H groups in total. The van der Waals surface area contributed by atoms with Crippen LogP contribution in [0, 0.1) is 6.92 Å². The van der Waals surface area contributed by atoms with Crippen LogP contribution in [0.5, 0.6) is 0 Å². The third kappa shape index (κ3) is 4.40. The molecule has 0 spiro atoms. The van der Waals surface area contributed by atoms with E-state index in [1.165, 1.54) is 17.3 Å². The highest BCUT2D eigenvalue weighted by molar-refractivity contribution is 7.90. The van der Waals surface area contributed by atoms with Crippen LogP contribution in [0.25, 0.3) is 0 Å². The van der Waals surface area contributed by atoms with Crippen LogP contribution in [0.2, 0.25) is 0 Å². The maximum absolute atomic E-state index is 12.0. The van der Waals surface area contributed by atoms with E-state index in [-0.39, 0.29) is 29.6 Å². The van der Waals surface area contributed by atoms with Crippen molar-refractivity contribution in [3.05, 3.63) is 30.7 Å². The molecule has 0 saturated heterocycles. The molecule has 0 aromatic carbocycles. The third-order valence-electron chi connectivity index (χ3n) is 2.27. The molecule has 0 aliphatic heterocycles. The first kappa shape index (κ1) is 14.6. The third-order valence-corrected chi connectivity index (χ3v) is 3.20. The summed E-state index contributed by atoms with van der Waals surface area (Å²) in [4.78, 5) is 21.1. The van der Waals surface area contributed by atoms with Crippen LogP contribution >= 0.6 is 0 Å². The lowest BCUT2D eigenvalue weighted by molar-refractivity contribution is 0.0767. The largest absolute Gasteiger partial charge is 0.337 e.